The number of carbonyl (C=O) groups excluding carboxylic acids is 3. The molecule has 0 bridgehead atoms. The fourth-order valence-electron chi connectivity index (χ4n) is 3.44. The van der Waals surface area contributed by atoms with E-state index in [1.807, 2.05) is 0 Å². The second-order valence-electron chi connectivity index (χ2n) is 7.70. The van der Waals surface area contributed by atoms with Gasteiger partial charge in [-0.15, -0.1) is 11.8 Å². The molecule has 0 aliphatic heterocycles. The van der Waals surface area contributed by atoms with Gasteiger partial charge >= 0.3 is 12.3 Å². The standard InChI is InChI=1S/C23H18F5N3OS.CO2/c24-15-2-4-16(5-3-15)33-20-8-6-17(20)21(32)29-10-13-1-7-19(25)18(9-13)14-11-30-22(31-12-14)23(26,27)28;2-1-3/h1-5,7,9,11-12,17,20H,6,8,10H2,(H,29,32);/t17-,20?;/m1./s1. The van der Waals surface area contributed by atoms with Gasteiger partial charge in [-0.1, -0.05) is 6.07 Å². The maximum atomic E-state index is 14.3. The molecule has 2 atom stereocenters. The quantitative estimate of drug-likeness (QED) is 0.456. The van der Waals surface area contributed by atoms with E-state index in [1.54, 1.807) is 12.1 Å². The number of hydrogen-bond donors (Lipinski definition) is 1. The lowest BCUT2D eigenvalue weighted by Crippen LogP contribution is -2.42. The maximum absolute atomic E-state index is 14.3. The molecule has 1 saturated carbocycles. The van der Waals surface area contributed by atoms with Crippen molar-refractivity contribution >= 4 is 23.8 Å². The summed E-state index contributed by atoms with van der Waals surface area (Å²) >= 11 is 1.53. The van der Waals surface area contributed by atoms with Crippen LogP contribution in [-0.4, -0.2) is 27.3 Å². The second-order valence-corrected chi connectivity index (χ2v) is 9.02. The van der Waals surface area contributed by atoms with Crippen molar-refractivity contribution in [1.82, 2.24) is 15.3 Å². The Labute approximate surface area is 206 Å². The Morgan fingerprint density at radius 2 is 1.67 bits per heavy atom. The number of thioether (sulfide) groups is 1. The van der Waals surface area contributed by atoms with Crippen molar-refractivity contribution in [2.24, 2.45) is 5.92 Å². The van der Waals surface area contributed by atoms with Gasteiger partial charge in [-0.2, -0.15) is 22.8 Å². The highest BCUT2D eigenvalue weighted by atomic mass is 32.2. The van der Waals surface area contributed by atoms with Gasteiger partial charge < -0.3 is 5.32 Å². The van der Waals surface area contributed by atoms with E-state index in [1.165, 1.54) is 42.1 Å². The van der Waals surface area contributed by atoms with Crippen LogP contribution in [0.3, 0.4) is 0 Å². The van der Waals surface area contributed by atoms with E-state index in [0.717, 1.165) is 30.1 Å². The number of hydrogen-bond acceptors (Lipinski definition) is 6. The summed E-state index contributed by atoms with van der Waals surface area (Å²) in [6.45, 7) is 0.137. The molecule has 1 unspecified atom stereocenters. The van der Waals surface area contributed by atoms with Crippen molar-refractivity contribution in [3.8, 4) is 11.1 Å². The number of benzene rings is 2. The van der Waals surface area contributed by atoms with Crippen molar-refractivity contribution < 1.29 is 36.3 Å². The zero-order chi connectivity index (χ0) is 26.3. The number of carbonyl (C=O) groups is 1. The summed E-state index contributed by atoms with van der Waals surface area (Å²) < 4.78 is 65.3. The van der Waals surface area contributed by atoms with Crippen molar-refractivity contribution in [2.45, 2.75) is 35.7 Å². The van der Waals surface area contributed by atoms with Crippen LogP contribution in [-0.2, 0) is 27.1 Å². The van der Waals surface area contributed by atoms with Crippen LogP contribution in [0.25, 0.3) is 11.1 Å². The Balaban J connectivity index is 0.00000115. The van der Waals surface area contributed by atoms with Gasteiger partial charge in [0.2, 0.25) is 11.7 Å². The SMILES string of the molecule is O=C(NCc1ccc(F)c(-c2cnc(C(F)(F)F)nc2)c1)[C@@H]1CCC1Sc1ccc(F)cc1.O=C=O. The van der Waals surface area contributed by atoms with Gasteiger partial charge in [-0.25, -0.2) is 18.7 Å². The average Bonchev–Trinajstić information content (AvgIpc) is 2.82. The Bertz CT molecular complexity index is 1230. The molecule has 188 valence electrons. The number of halogens is 5. The second kappa shape index (κ2) is 11.9. The summed E-state index contributed by atoms with van der Waals surface area (Å²) in [5.41, 5.74) is 0.731. The van der Waals surface area contributed by atoms with E-state index < -0.39 is 17.8 Å². The first-order chi connectivity index (χ1) is 17.1. The highest BCUT2D eigenvalue weighted by molar-refractivity contribution is 8.00. The first-order valence-corrected chi connectivity index (χ1v) is 11.4. The topological polar surface area (TPSA) is 89.0 Å². The zero-order valence-corrected chi connectivity index (χ0v) is 19.2. The van der Waals surface area contributed by atoms with Gasteiger partial charge in [-0.05, 0) is 54.8 Å². The summed E-state index contributed by atoms with van der Waals surface area (Å²) in [5.74, 6) is -2.58. The van der Waals surface area contributed by atoms with E-state index in [2.05, 4.69) is 15.3 Å². The van der Waals surface area contributed by atoms with Gasteiger partial charge in [-0.3, -0.25) is 4.79 Å². The molecule has 1 N–H and O–H groups in total. The van der Waals surface area contributed by atoms with Crippen molar-refractivity contribution in [3.05, 3.63) is 77.9 Å². The third kappa shape index (κ3) is 6.96. The zero-order valence-electron chi connectivity index (χ0n) is 18.4. The summed E-state index contributed by atoms with van der Waals surface area (Å²) in [6.07, 6.45) is -0.987. The molecule has 0 spiro atoms. The van der Waals surface area contributed by atoms with Crippen LogP contribution >= 0.6 is 11.8 Å². The first kappa shape index (κ1) is 27.0. The predicted molar refractivity (Wildman–Crippen MR) is 118 cm³/mol. The molecule has 3 aromatic rings. The third-order valence-electron chi connectivity index (χ3n) is 5.36. The molecular formula is C24H18F5N3O3S. The molecule has 0 radical (unpaired) electrons. The largest absolute Gasteiger partial charge is 0.451 e. The molecule has 1 aliphatic rings. The molecule has 1 aliphatic carbocycles. The normalized spacial score (nSPS) is 16.7. The highest BCUT2D eigenvalue weighted by Gasteiger charge is 2.37. The summed E-state index contributed by atoms with van der Waals surface area (Å²) in [4.78, 5) is 36.3. The number of rotatable bonds is 6. The van der Waals surface area contributed by atoms with Gasteiger partial charge in [0.1, 0.15) is 11.6 Å². The molecule has 6 nitrogen and oxygen atoms in total. The molecule has 12 heteroatoms. The van der Waals surface area contributed by atoms with Crippen LogP contribution in [0.4, 0.5) is 22.0 Å². The van der Waals surface area contributed by atoms with Crippen LogP contribution in [0.1, 0.15) is 24.2 Å². The molecule has 1 aromatic heterocycles. The maximum Gasteiger partial charge on any atom is 0.451 e. The first-order valence-electron chi connectivity index (χ1n) is 10.5. The molecule has 36 heavy (non-hydrogen) atoms. The summed E-state index contributed by atoms with van der Waals surface area (Å²) in [5, 5.41) is 2.92. The summed E-state index contributed by atoms with van der Waals surface area (Å²) in [7, 11) is 0. The fraction of sp³-hybridized carbons (Fsp3) is 0.250. The van der Waals surface area contributed by atoms with Crippen molar-refractivity contribution in [2.75, 3.05) is 0 Å². The molecule has 4 rings (SSSR count). The molecule has 1 amide bonds. The van der Waals surface area contributed by atoms with Crippen LogP contribution in [0.2, 0.25) is 0 Å². The minimum atomic E-state index is -4.68. The predicted octanol–water partition coefficient (Wildman–Crippen LogP) is 5.04. The lowest BCUT2D eigenvalue weighted by molar-refractivity contribution is -0.191. The minimum Gasteiger partial charge on any atom is -0.352 e. The Kier molecular flexibility index (Phi) is 8.89. The van der Waals surface area contributed by atoms with Crippen LogP contribution in [0, 0.1) is 17.6 Å². The van der Waals surface area contributed by atoms with Gasteiger partial charge in [0.25, 0.3) is 0 Å². The molecule has 0 saturated heterocycles. The van der Waals surface area contributed by atoms with E-state index >= 15 is 0 Å². The van der Waals surface area contributed by atoms with Crippen LogP contribution < -0.4 is 5.32 Å². The van der Waals surface area contributed by atoms with E-state index in [4.69, 9.17) is 9.59 Å². The lowest BCUT2D eigenvalue weighted by atomic mass is 9.84. The molecule has 1 heterocycles. The Hall–Kier alpha value is -3.63. The smallest absolute Gasteiger partial charge is 0.352 e. The Morgan fingerprint density at radius 1 is 1.03 bits per heavy atom. The van der Waals surface area contributed by atoms with Crippen molar-refractivity contribution in [3.63, 3.8) is 0 Å². The molecule has 1 fully saturated rings. The van der Waals surface area contributed by atoms with E-state index in [0.29, 0.717) is 5.56 Å². The molecule has 2 aromatic carbocycles. The number of alkyl halides is 3. The number of nitrogens with zero attached hydrogens (tertiary/aromatic N) is 2. The monoisotopic (exact) mass is 523 g/mol. The van der Waals surface area contributed by atoms with Crippen molar-refractivity contribution in [1.29, 1.82) is 0 Å². The van der Waals surface area contributed by atoms with Crippen LogP contribution in [0.5, 0.6) is 0 Å². The highest BCUT2D eigenvalue weighted by Crippen LogP contribution is 2.41. The van der Waals surface area contributed by atoms with Gasteiger partial charge in [0, 0.05) is 40.2 Å². The molecular weight excluding hydrogens is 505 g/mol. The summed E-state index contributed by atoms with van der Waals surface area (Å²) in [6, 6.07) is 10.2. The van der Waals surface area contributed by atoms with Gasteiger partial charge in [0.15, 0.2) is 0 Å². The fourth-order valence-corrected chi connectivity index (χ4v) is 4.76. The number of aromatic nitrogens is 2. The number of amides is 1. The lowest BCUT2D eigenvalue weighted by Gasteiger charge is -2.34. The van der Waals surface area contributed by atoms with E-state index in [-0.39, 0.29) is 46.7 Å². The minimum absolute atomic E-state index is 0.0452. The van der Waals surface area contributed by atoms with E-state index in [9.17, 15) is 26.7 Å². The van der Waals surface area contributed by atoms with Gasteiger partial charge in [0.05, 0.1) is 5.92 Å². The van der Waals surface area contributed by atoms with Crippen LogP contribution in [0.15, 0.2) is 59.8 Å². The number of nitrogens with one attached hydrogen (secondary N) is 1. The third-order valence-corrected chi connectivity index (χ3v) is 6.77. The Morgan fingerprint density at radius 3 is 2.22 bits per heavy atom. The average molecular weight is 523 g/mol.